The van der Waals surface area contributed by atoms with Crippen LogP contribution in [0.2, 0.25) is 0 Å². The maximum Gasteiger partial charge on any atom is 0.136 e. The second-order valence-corrected chi connectivity index (χ2v) is 14.1. The van der Waals surface area contributed by atoms with Gasteiger partial charge in [0.1, 0.15) is 11.2 Å². The molecule has 1 nitrogen and oxygen atoms in total. The molecule has 0 atom stereocenters. The largest absolute Gasteiger partial charge is 0.456 e. The monoisotopic (exact) mass is 628 g/mol. The molecule has 48 heavy (non-hydrogen) atoms. The Kier molecular flexibility index (Phi) is 5.44. The van der Waals surface area contributed by atoms with Crippen LogP contribution >= 0.6 is 11.3 Å². The van der Waals surface area contributed by atoms with Crippen molar-refractivity contribution in [1.82, 2.24) is 0 Å². The molecule has 8 aromatic carbocycles. The van der Waals surface area contributed by atoms with Gasteiger partial charge in [0.15, 0.2) is 0 Å². The van der Waals surface area contributed by atoms with E-state index in [0.29, 0.717) is 0 Å². The second-order valence-electron chi connectivity index (χ2n) is 13.0. The van der Waals surface area contributed by atoms with Crippen LogP contribution in [0.1, 0.15) is 16.9 Å². The molecule has 224 valence electrons. The summed E-state index contributed by atoms with van der Waals surface area (Å²) in [4.78, 5) is 1.41. The third-order valence-corrected chi connectivity index (χ3v) is 11.7. The van der Waals surface area contributed by atoms with E-state index in [4.69, 9.17) is 4.42 Å². The molecule has 0 saturated carbocycles. The third kappa shape index (κ3) is 3.61. The zero-order valence-corrected chi connectivity index (χ0v) is 26.9. The average molecular weight is 629 g/mol. The molecule has 2 aromatic heterocycles. The minimum atomic E-state index is 0.927. The zero-order chi connectivity index (χ0) is 31.3. The van der Waals surface area contributed by atoms with Gasteiger partial charge in [0.05, 0.1) is 0 Å². The lowest BCUT2D eigenvalue weighted by atomic mass is 9.84. The van der Waals surface area contributed by atoms with Gasteiger partial charge >= 0.3 is 0 Å². The van der Waals surface area contributed by atoms with Crippen LogP contribution in [-0.2, 0) is 6.42 Å². The van der Waals surface area contributed by atoms with Gasteiger partial charge in [0, 0.05) is 25.7 Å². The predicted molar refractivity (Wildman–Crippen MR) is 207 cm³/mol. The summed E-state index contributed by atoms with van der Waals surface area (Å²) in [5.41, 5.74) is 8.35. The molecule has 0 bridgehead atoms. The number of rotatable bonds is 2. The first-order valence-corrected chi connectivity index (χ1v) is 17.6. The van der Waals surface area contributed by atoms with E-state index in [1.54, 1.807) is 0 Å². The number of allylic oxidation sites excluding steroid dienone is 1. The van der Waals surface area contributed by atoms with Gasteiger partial charge in [-0.2, -0.15) is 0 Å². The number of fused-ring (bicyclic) bond motifs is 12. The van der Waals surface area contributed by atoms with E-state index in [1.165, 1.54) is 96.6 Å². The van der Waals surface area contributed by atoms with Crippen LogP contribution in [0, 0.1) is 0 Å². The molecular weight excluding hydrogens is 601 g/mol. The molecular formula is C46H28OS. The standard InChI is InChI=1S/C46H28OS/c1-2-12-29-27(10-1)11-9-18-30(29)44-33-15-5-3-13-31(33)43(32-14-4-6-16-34(32)44)28-20-21-37-40(26-28)47-39-24-22-36-35(45(37)39)23-25-42-46(36)38-17-7-8-19-41(38)48-42/h1-6,8-16,18-26H,7,17H2. The van der Waals surface area contributed by atoms with Crippen LogP contribution in [0.5, 0.6) is 0 Å². The first-order valence-electron chi connectivity index (χ1n) is 16.7. The van der Waals surface area contributed by atoms with Crippen molar-refractivity contribution < 1.29 is 4.42 Å². The highest BCUT2D eigenvalue weighted by Gasteiger charge is 2.21. The molecule has 11 rings (SSSR count). The summed E-state index contributed by atoms with van der Waals surface area (Å²) in [5, 5.41) is 14.0. The van der Waals surface area contributed by atoms with Crippen LogP contribution in [-0.4, -0.2) is 0 Å². The first-order chi connectivity index (χ1) is 23.8. The van der Waals surface area contributed by atoms with Crippen LogP contribution in [0.3, 0.4) is 0 Å². The van der Waals surface area contributed by atoms with E-state index < -0.39 is 0 Å². The molecule has 0 saturated heterocycles. The van der Waals surface area contributed by atoms with E-state index in [9.17, 15) is 0 Å². The lowest BCUT2D eigenvalue weighted by molar-refractivity contribution is 0.669. The maximum atomic E-state index is 6.69. The Morgan fingerprint density at radius 1 is 0.500 bits per heavy atom. The van der Waals surface area contributed by atoms with Crippen molar-refractivity contribution in [3.05, 3.63) is 150 Å². The highest BCUT2D eigenvalue weighted by Crippen LogP contribution is 2.47. The van der Waals surface area contributed by atoms with Crippen LogP contribution in [0.4, 0.5) is 0 Å². The molecule has 1 aliphatic rings. The Morgan fingerprint density at radius 3 is 1.98 bits per heavy atom. The summed E-state index contributed by atoms with van der Waals surface area (Å²) in [6, 6.07) is 49.1. The Hall–Kier alpha value is -5.70. The molecule has 0 unspecified atom stereocenters. The lowest BCUT2D eigenvalue weighted by Crippen LogP contribution is -1.91. The molecule has 0 amide bonds. The second kappa shape index (κ2) is 9.90. The van der Waals surface area contributed by atoms with Gasteiger partial charge in [0.2, 0.25) is 0 Å². The highest BCUT2D eigenvalue weighted by atomic mass is 32.1. The van der Waals surface area contributed by atoms with Gasteiger partial charge in [0.25, 0.3) is 0 Å². The number of furan rings is 1. The fraction of sp³-hybridized carbons (Fsp3) is 0.0435. The average Bonchev–Trinajstić information content (AvgIpc) is 3.72. The number of benzene rings is 8. The molecule has 0 spiro atoms. The van der Waals surface area contributed by atoms with Crippen LogP contribution in [0.25, 0.3) is 103 Å². The van der Waals surface area contributed by atoms with Crippen molar-refractivity contribution in [2.45, 2.75) is 12.8 Å². The SMILES string of the molecule is C1=Cc2sc3ccc4c(ccc5oc6cc(-c7c8ccccc8c(-c8cccc9ccccc89)c8ccccc78)ccc6c54)c3c2CC1. The number of thiophene rings is 1. The third-order valence-electron chi connectivity index (χ3n) is 10.5. The summed E-state index contributed by atoms with van der Waals surface area (Å²) in [5.74, 6) is 0. The quantitative estimate of drug-likeness (QED) is 0.174. The fourth-order valence-electron chi connectivity index (χ4n) is 8.49. The van der Waals surface area contributed by atoms with Gasteiger partial charge < -0.3 is 4.42 Å². The smallest absolute Gasteiger partial charge is 0.136 e. The van der Waals surface area contributed by atoms with Gasteiger partial charge in [-0.3, -0.25) is 0 Å². The minimum Gasteiger partial charge on any atom is -0.456 e. The maximum absolute atomic E-state index is 6.69. The zero-order valence-electron chi connectivity index (χ0n) is 26.1. The fourth-order valence-corrected chi connectivity index (χ4v) is 9.69. The van der Waals surface area contributed by atoms with Crippen molar-refractivity contribution in [2.24, 2.45) is 0 Å². The predicted octanol–water partition coefficient (Wildman–Crippen LogP) is 13.7. The number of aryl methyl sites for hydroxylation is 1. The molecule has 0 N–H and O–H groups in total. The topological polar surface area (TPSA) is 13.1 Å². The van der Waals surface area contributed by atoms with E-state index in [1.807, 2.05) is 11.3 Å². The van der Waals surface area contributed by atoms with E-state index in [2.05, 4.69) is 146 Å². The molecule has 1 aliphatic carbocycles. The molecule has 10 aromatic rings. The Labute approximate surface area is 281 Å². The van der Waals surface area contributed by atoms with Crippen molar-refractivity contribution >= 4 is 92.5 Å². The van der Waals surface area contributed by atoms with E-state index in [0.717, 1.165) is 24.0 Å². The van der Waals surface area contributed by atoms with E-state index >= 15 is 0 Å². The van der Waals surface area contributed by atoms with Gasteiger partial charge in [-0.1, -0.05) is 109 Å². The Balaban J connectivity index is 1.18. The normalized spacial score (nSPS) is 13.2. The van der Waals surface area contributed by atoms with Crippen molar-refractivity contribution in [3.8, 4) is 22.3 Å². The summed E-state index contributed by atoms with van der Waals surface area (Å²) >= 11 is 1.92. The first kappa shape index (κ1) is 26.4. The van der Waals surface area contributed by atoms with Gasteiger partial charge in [-0.05, 0) is 120 Å². The Bertz CT molecular complexity index is 2940. The number of hydrogen-bond acceptors (Lipinski definition) is 2. The summed E-state index contributed by atoms with van der Waals surface area (Å²) in [6.45, 7) is 0. The lowest BCUT2D eigenvalue weighted by Gasteiger charge is -2.18. The highest BCUT2D eigenvalue weighted by molar-refractivity contribution is 7.20. The van der Waals surface area contributed by atoms with Gasteiger partial charge in [-0.25, -0.2) is 0 Å². The summed E-state index contributed by atoms with van der Waals surface area (Å²) in [7, 11) is 0. The van der Waals surface area contributed by atoms with Crippen LogP contribution < -0.4 is 0 Å². The van der Waals surface area contributed by atoms with Crippen molar-refractivity contribution in [3.63, 3.8) is 0 Å². The minimum absolute atomic E-state index is 0.927. The van der Waals surface area contributed by atoms with Crippen molar-refractivity contribution in [2.75, 3.05) is 0 Å². The molecule has 0 radical (unpaired) electrons. The molecule has 0 fully saturated rings. The van der Waals surface area contributed by atoms with Crippen LogP contribution in [0.15, 0.2) is 144 Å². The molecule has 2 heterocycles. The van der Waals surface area contributed by atoms with E-state index in [-0.39, 0.29) is 0 Å². The van der Waals surface area contributed by atoms with Gasteiger partial charge in [-0.15, -0.1) is 11.3 Å². The Morgan fingerprint density at radius 2 is 1.17 bits per heavy atom. The summed E-state index contributed by atoms with van der Waals surface area (Å²) < 4.78 is 8.06. The molecule has 0 aliphatic heterocycles. The molecule has 2 heteroatoms. The summed E-state index contributed by atoms with van der Waals surface area (Å²) in [6.07, 6.45) is 6.84. The number of hydrogen-bond donors (Lipinski definition) is 0. The van der Waals surface area contributed by atoms with Crippen molar-refractivity contribution in [1.29, 1.82) is 0 Å².